The molecule has 1 aliphatic rings. The average molecular weight is 388 g/mol. The number of carbonyl (C=O) groups excluding carboxylic acids is 1. The number of amides is 1. The van der Waals surface area contributed by atoms with Crippen LogP contribution < -0.4 is 0 Å². The lowest BCUT2D eigenvalue weighted by molar-refractivity contribution is 0.0813. The number of hydrogen-bond acceptors (Lipinski definition) is 3. The maximum Gasteiger partial charge on any atom is 0.255 e. The van der Waals surface area contributed by atoms with E-state index in [0.717, 1.165) is 46.1 Å². The monoisotopic (exact) mass is 387 g/mol. The van der Waals surface area contributed by atoms with Crippen LogP contribution in [0.5, 0.6) is 0 Å². The van der Waals surface area contributed by atoms with Crippen LogP contribution in [0.25, 0.3) is 22.6 Å². The van der Waals surface area contributed by atoms with E-state index in [2.05, 4.69) is 6.08 Å². The molecule has 0 atom stereocenters. The maximum absolute atomic E-state index is 13.1. The summed E-state index contributed by atoms with van der Waals surface area (Å²) in [6.07, 6.45) is 3.60. The first-order chi connectivity index (χ1) is 13.6. The lowest BCUT2D eigenvalue weighted by atomic mass is 9.99. The van der Waals surface area contributed by atoms with E-state index in [1.165, 1.54) is 4.90 Å². The molecule has 138 valence electrons. The Morgan fingerprint density at radius 3 is 2.75 bits per heavy atom. The molecule has 3 aromatic rings. The zero-order valence-electron chi connectivity index (χ0n) is 15.4. The molecule has 0 aliphatic heterocycles. The van der Waals surface area contributed by atoms with Crippen molar-refractivity contribution >= 4 is 40.1 Å². The Morgan fingerprint density at radius 2 is 1.96 bits per heavy atom. The molecule has 1 aromatic heterocycles. The van der Waals surface area contributed by atoms with Crippen LogP contribution in [0.4, 0.5) is 0 Å². The van der Waals surface area contributed by atoms with Gasteiger partial charge in [0.25, 0.3) is 5.91 Å². The molecule has 4 rings (SSSR count). The summed E-state index contributed by atoms with van der Waals surface area (Å²) >= 11 is 6.33. The van der Waals surface area contributed by atoms with E-state index in [4.69, 9.17) is 21.8 Å². The summed E-state index contributed by atoms with van der Waals surface area (Å²) < 4.78 is 0. The van der Waals surface area contributed by atoms with Crippen LogP contribution in [0.15, 0.2) is 48.5 Å². The van der Waals surface area contributed by atoms with Crippen LogP contribution in [0, 0.1) is 11.3 Å². The van der Waals surface area contributed by atoms with Gasteiger partial charge in [-0.25, -0.2) is 4.98 Å². The number of nitriles is 1. The Balaban J connectivity index is 1.92. The molecule has 0 bridgehead atoms. The minimum atomic E-state index is -0.143. The summed E-state index contributed by atoms with van der Waals surface area (Å²) in [6, 6.07) is 17.4. The topological polar surface area (TPSA) is 57.0 Å². The van der Waals surface area contributed by atoms with Crippen molar-refractivity contribution in [2.45, 2.75) is 12.8 Å². The number of fused-ring (bicyclic) bond motifs is 2. The molecular weight excluding hydrogens is 370 g/mol. The van der Waals surface area contributed by atoms with E-state index >= 15 is 0 Å². The van der Waals surface area contributed by atoms with Gasteiger partial charge in [0.15, 0.2) is 0 Å². The molecule has 0 saturated heterocycles. The average Bonchev–Trinajstić information content (AvgIpc) is 3.10. The second kappa shape index (κ2) is 7.46. The number of carbonyl (C=O) groups is 1. The molecule has 1 aliphatic carbocycles. The summed E-state index contributed by atoms with van der Waals surface area (Å²) in [5.74, 6) is -0.143. The first-order valence-electron chi connectivity index (χ1n) is 9.09. The molecule has 0 spiro atoms. The van der Waals surface area contributed by atoms with Gasteiger partial charge in [0, 0.05) is 17.5 Å². The lowest BCUT2D eigenvalue weighted by Crippen LogP contribution is -2.28. The fourth-order valence-electron chi connectivity index (χ4n) is 3.67. The van der Waals surface area contributed by atoms with Crippen molar-refractivity contribution in [3.8, 4) is 6.07 Å². The van der Waals surface area contributed by atoms with E-state index in [1.807, 2.05) is 54.6 Å². The van der Waals surface area contributed by atoms with Crippen molar-refractivity contribution in [2.75, 3.05) is 13.6 Å². The number of nitrogens with zero attached hydrogens (tertiary/aromatic N) is 3. The molecular formula is C23H18ClN3O. The Morgan fingerprint density at radius 1 is 1.21 bits per heavy atom. The van der Waals surface area contributed by atoms with E-state index in [-0.39, 0.29) is 12.5 Å². The molecule has 0 fully saturated rings. The van der Waals surface area contributed by atoms with Gasteiger partial charge in [-0.2, -0.15) is 5.26 Å². The van der Waals surface area contributed by atoms with Crippen LogP contribution in [-0.2, 0) is 6.42 Å². The SMILES string of the molecule is CN(CC#N)C(=O)c1c2c(nc3ccccc13)C(=Cc1ccccc1Cl)CC2. The standard InChI is InChI=1S/C23H18ClN3O/c1-27(13-12-25)23(28)21-17-7-3-5-9-20(17)26-22-16(10-11-18(21)22)14-15-6-2-4-8-19(15)24/h2-9,14H,10-11,13H2,1H3. The number of aromatic nitrogens is 1. The fourth-order valence-corrected chi connectivity index (χ4v) is 3.86. The van der Waals surface area contributed by atoms with Gasteiger partial charge in [-0.3, -0.25) is 4.79 Å². The van der Waals surface area contributed by atoms with E-state index in [1.54, 1.807) is 7.05 Å². The van der Waals surface area contributed by atoms with Crippen LogP contribution in [-0.4, -0.2) is 29.4 Å². The predicted molar refractivity (Wildman–Crippen MR) is 112 cm³/mol. The third-order valence-corrected chi connectivity index (χ3v) is 5.39. The first-order valence-corrected chi connectivity index (χ1v) is 9.47. The second-order valence-corrected chi connectivity index (χ2v) is 7.25. The van der Waals surface area contributed by atoms with Crippen molar-refractivity contribution in [3.05, 3.63) is 75.9 Å². The molecule has 0 unspecified atom stereocenters. The summed E-state index contributed by atoms with van der Waals surface area (Å²) in [5.41, 5.74) is 5.25. The minimum Gasteiger partial charge on any atom is -0.328 e. The predicted octanol–water partition coefficient (Wildman–Crippen LogP) is 4.97. The van der Waals surface area contributed by atoms with Gasteiger partial charge in [0.05, 0.1) is 22.8 Å². The van der Waals surface area contributed by atoms with Gasteiger partial charge in [-0.1, -0.05) is 48.0 Å². The number of hydrogen-bond donors (Lipinski definition) is 0. The summed E-state index contributed by atoms with van der Waals surface area (Å²) in [5, 5.41) is 10.5. The lowest BCUT2D eigenvalue weighted by Gasteiger charge is -2.17. The van der Waals surface area contributed by atoms with E-state index in [9.17, 15) is 4.79 Å². The number of pyridine rings is 1. The highest BCUT2D eigenvalue weighted by Crippen LogP contribution is 2.38. The van der Waals surface area contributed by atoms with Crippen molar-refractivity contribution in [1.29, 1.82) is 5.26 Å². The largest absolute Gasteiger partial charge is 0.328 e. The van der Waals surface area contributed by atoms with Crippen LogP contribution in [0.3, 0.4) is 0 Å². The Labute approximate surface area is 168 Å². The van der Waals surface area contributed by atoms with Crippen molar-refractivity contribution in [3.63, 3.8) is 0 Å². The fraction of sp³-hybridized carbons (Fsp3) is 0.174. The van der Waals surface area contributed by atoms with Gasteiger partial charge in [-0.05, 0) is 47.8 Å². The van der Waals surface area contributed by atoms with Gasteiger partial charge >= 0.3 is 0 Å². The quantitative estimate of drug-likeness (QED) is 0.596. The third kappa shape index (κ3) is 3.15. The van der Waals surface area contributed by atoms with Gasteiger partial charge < -0.3 is 4.90 Å². The molecule has 1 amide bonds. The summed E-state index contributed by atoms with van der Waals surface area (Å²) in [6.45, 7) is 0.0482. The Hall–Kier alpha value is -3.16. The molecule has 0 N–H and O–H groups in total. The van der Waals surface area contributed by atoms with Gasteiger partial charge in [0.1, 0.15) is 6.54 Å². The van der Waals surface area contributed by atoms with Crippen molar-refractivity contribution < 1.29 is 4.79 Å². The summed E-state index contributed by atoms with van der Waals surface area (Å²) in [7, 11) is 1.66. The van der Waals surface area contributed by atoms with Gasteiger partial charge in [-0.15, -0.1) is 0 Å². The Kier molecular flexibility index (Phi) is 4.85. The number of halogens is 1. The number of para-hydroxylation sites is 1. The number of rotatable bonds is 3. The maximum atomic E-state index is 13.1. The normalized spacial score (nSPS) is 14.1. The number of allylic oxidation sites excluding steroid dienone is 1. The van der Waals surface area contributed by atoms with E-state index < -0.39 is 0 Å². The zero-order chi connectivity index (χ0) is 19.7. The first kappa shape index (κ1) is 18.2. The van der Waals surface area contributed by atoms with Gasteiger partial charge in [0.2, 0.25) is 0 Å². The Bertz CT molecular complexity index is 1160. The molecule has 2 aromatic carbocycles. The molecule has 0 radical (unpaired) electrons. The highest BCUT2D eigenvalue weighted by molar-refractivity contribution is 6.32. The number of benzene rings is 2. The molecule has 1 heterocycles. The molecule has 5 heteroatoms. The summed E-state index contributed by atoms with van der Waals surface area (Å²) in [4.78, 5) is 19.5. The molecule has 0 saturated carbocycles. The van der Waals surface area contributed by atoms with Crippen molar-refractivity contribution in [1.82, 2.24) is 9.88 Å². The molecule has 28 heavy (non-hydrogen) atoms. The van der Waals surface area contributed by atoms with Crippen LogP contribution >= 0.6 is 11.6 Å². The second-order valence-electron chi connectivity index (χ2n) is 6.84. The van der Waals surface area contributed by atoms with E-state index in [0.29, 0.717) is 10.6 Å². The smallest absolute Gasteiger partial charge is 0.255 e. The van der Waals surface area contributed by atoms with Crippen LogP contribution in [0.2, 0.25) is 5.02 Å². The third-order valence-electron chi connectivity index (χ3n) is 5.05. The highest BCUT2D eigenvalue weighted by atomic mass is 35.5. The van der Waals surface area contributed by atoms with Crippen LogP contribution in [0.1, 0.15) is 33.6 Å². The van der Waals surface area contributed by atoms with Crippen molar-refractivity contribution in [2.24, 2.45) is 0 Å². The minimum absolute atomic E-state index is 0.0482. The molecule has 4 nitrogen and oxygen atoms in total. The highest BCUT2D eigenvalue weighted by Gasteiger charge is 2.28. The zero-order valence-corrected chi connectivity index (χ0v) is 16.2.